The molecule has 1 unspecified atom stereocenters. The van der Waals surface area contributed by atoms with E-state index in [1.807, 2.05) is 0 Å². The van der Waals surface area contributed by atoms with Crippen molar-refractivity contribution in [3.05, 3.63) is 12.4 Å². The van der Waals surface area contributed by atoms with Gasteiger partial charge in [0.1, 0.15) is 18.0 Å². The third-order valence-electron chi connectivity index (χ3n) is 3.72. The predicted molar refractivity (Wildman–Crippen MR) is 75.2 cm³/mol. The van der Waals surface area contributed by atoms with Gasteiger partial charge in [-0.3, -0.25) is 0 Å². The molecule has 1 saturated heterocycles. The van der Waals surface area contributed by atoms with E-state index in [2.05, 4.69) is 59.1 Å². The molecule has 1 aliphatic rings. The molecule has 0 spiro atoms. The van der Waals surface area contributed by atoms with E-state index in [0.717, 1.165) is 24.7 Å². The number of hydrogen-bond donors (Lipinski definition) is 1. The number of rotatable bonds is 4. The number of hydrogen-bond acceptors (Lipinski definition) is 5. The molecule has 0 radical (unpaired) electrons. The van der Waals surface area contributed by atoms with Gasteiger partial charge in [-0.05, 0) is 26.8 Å². The summed E-state index contributed by atoms with van der Waals surface area (Å²) in [5.74, 6) is 1.98. The molecule has 1 N–H and O–H groups in total. The third kappa shape index (κ3) is 2.72. The molecule has 1 fully saturated rings. The molecular formula is C13H23N5. The van der Waals surface area contributed by atoms with Crippen LogP contribution in [0.2, 0.25) is 0 Å². The van der Waals surface area contributed by atoms with Crippen LogP contribution in [0.1, 0.15) is 20.3 Å². The lowest BCUT2D eigenvalue weighted by Crippen LogP contribution is -2.34. The van der Waals surface area contributed by atoms with Crippen LogP contribution in [-0.4, -0.2) is 49.2 Å². The fourth-order valence-corrected chi connectivity index (χ4v) is 2.14. The molecular weight excluding hydrogens is 226 g/mol. The maximum absolute atomic E-state index is 4.39. The highest BCUT2D eigenvalue weighted by Crippen LogP contribution is 2.20. The highest BCUT2D eigenvalue weighted by atomic mass is 15.2. The number of nitrogens with zero attached hydrogens (tertiary/aromatic N) is 4. The summed E-state index contributed by atoms with van der Waals surface area (Å²) >= 11 is 0. The first kappa shape index (κ1) is 13.1. The van der Waals surface area contributed by atoms with Crippen LogP contribution in [0, 0.1) is 0 Å². The van der Waals surface area contributed by atoms with Crippen molar-refractivity contribution in [2.45, 2.75) is 32.4 Å². The summed E-state index contributed by atoms with van der Waals surface area (Å²) < 4.78 is 0. The molecule has 0 aliphatic carbocycles. The van der Waals surface area contributed by atoms with Crippen molar-refractivity contribution in [3.63, 3.8) is 0 Å². The second-order valence-corrected chi connectivity index (χ2v) is 5.20. The molecule has 0 amide bonds. The Kier molecular flexibility index (Phi) is 4.01. The maximum Gasteiger partial charge on any atom is 0.134 e. The Morgan fingerprint density at radius 3 is 2.61 bits per heavy atom. The van der Waals surface area contributed by atoms with Crippen molar-refractivity contribution >= 4 is 11.6 Å². The van der Waals surface area contributed by atoms with Gasteiger partial charge in [-0.15, -0.1) is 0 Å². The predicted octanol–water partition coefficient (Wildman–Crippen LogP) is 1.12. The van der Waals surface area contributed by atoms with Crippen molar-refractivity contribution in [1.29, 1.82) is 0 Å². The average molecular weight is 249 g/mol. The van der Waals surface area contributed by atoms with Crippen LogP contribution in [0.3, 0.4) is 0 Å². The van der Waals surface area contributed by atoms with Gasteiger partial charge in [-0.25, -0.2) is 9.97 Å². The van der Waals surface area contributed by atoms with Gasteiger partial charge in [0.15, 0.2) is 0 Å². The summed E-state index contributed by atoms with van der Waals surface area (Å²) in [6, 6.07) is 3.04. The average Bonchev–Trinajstić information content (AvgIpc) is 2.91. The molecule has 5 heteroatoms. The van der Waals surface area contributed by atoms with Crippen molar-refractivity contribution in [3.8, 4) is 0 Å². The fraction of sp³-hybridized carbons (Fsp3) is 0.692. The maximum atomic E-state index is 4.39. The Balaban J connectivity index is 2.15. The molecule has 2 heterocycles. The zero-order valence-corrected chi connectivity index (χ0v) is 11.7. The monoisotopic (exact) mass is 249 g/mol. The largest absolute Gasteiger partial charge is 0.357 e. The summed E-state index contributed by atoms with van der Waals surface area (Å²) in [4.78, 5) is 13.1. The number of nitrogens with one attached hydrogen (secondary N) is 1. The SMILES string of the molecule is CC(C)N(C)c1cc(N(C)C2CCNC2)ncn1. The zero-order valence-electron chi connectivity index (χ0n) is 11.7. The lowest BCUT2D eigenvalue weighted by molar-refractivity contribution is 0.675. The number of aromatic nitrogens is 2. The van der Waals surface area contributed by atoms with Crippen LogP contribution in [-0.2, 0) is 0 Å². The minimum absolute atomic E-state index is 0.436. The molecule has 0 saturated carbocycles. The van der Waals surface area contributed by atoms with Crippen LogP contribution in [0.25, 0.3) is 0 Å². The van der Waals surface area contributed by atoms with E-state index in [9.17, 15) is 0 Å². The highest BCUT2D eigenvalue weighted by Gasteiger charge is 2.21. The van der Waals surface area contributed by atoms with Crippen molar-refractivity contribution in [2.75, 3.05) is 37.0 Å². The minimum Gasteiger partial charge on any atom is -0.357 e. The van der Waals surface area contributed by atoms with Crippen molar-refractivity contribution < 1.29 is 0 Å². The topological polar surface area (TPSA) is 44.3 Å². The Morgan fingerprint density at radius 2 is 2.00 bits per heavy atom. The van der Waals surface area contributed by atoms with Gasteiger partial charge in [0.05, 0.1) is 0 Å². The lowest BCUT2D eigenvalue weighted by Gasteiger charge is -2.27. The van der Waals surface area contributed by atoms with E-state index >= 15 is 0 Å². The second kappa shape index (κ2) is 5.52. The number of anilines is 2. The Hall–Kier alpha value is -1.36. The van der Waals surface area contributed by atoms with Gasteiger partial charge in [0.25, 0.3) is 0 Å². The lowest BCUT2D eigenvalue weighted by atomic mass is 10.2. The second-order valence-electron chi connectivity index (χ2n) is 5.20. The van der Waals surface area contributed by atoms with Gasteiger partial charge in [0.2, 0.25) is 0 Å². The van der Waals surface area contributed by atoms with Crippen LogP contribution >= 0.6 is 0 Å². The van der Waals surface area contributed by atoms with Gasteiger partial charge in [-0.1, -0.05) is 0 Å². The van der Waals surface area contributed by atoms with Crippen LogP contribution in [0.15, 0.2) is 12.4 Å². The van der Waals surface area contributed by atoms with Gasteiger partial charge < -0.3 is 15.1 Å². The quantitative estimate of drug-likeness (QED) is 0.866. The molecule has 1 aliphatic heterocycles. The highest BCUT2D eigenvalue weighted by molar-refractivity contribution is 5.50. The fourth-order valence-electron chi connectivity index (χ4n) is 2.14. The minimum atomic E-state index is 0.436. The first-order chi connectivity index (χ1) is 8.59. The molecule has 18 heavy (non-hydrogen) atoms. The molecule has 1 aromatic heterocycles. The van der Waals surface area contributed by atoms with Gasteiger partial charge in [0, 0.05) is 38.8 Å². The Labute approximate surface area is 109 Å². The third-order valence-corrected chi connectivity index (χ3v) is 3.72. The molecule has 1 aromatic rings. The smallest absolute Gasteiger partial charge is 0.134 e. The van der Waals surface area contributed by atoms with Crippen molar-refractivity contribution in [2.24, 2.45) is 0 Å². The Bertz CT molecular complexity index is 387. The molecule has 100 valence electrons. The van der Waals surface area contributed by atoms with Crippen LogP contribution < -0.4 is 15.1 Å². The van der Waals surface area contributed by atoms with E-state index in [0.29, 0.717) is 12.1 Å². The summed E-state index contributed by atoms with van der Waals surface area (Å²) in [5, 5.41) is 3.38. The summed E-state index contributed by atoms with van der Waals surface area (Å²) in [5.41, 5.74) is 0. The first-order valence-electron chi connectivity index (χ1n) is 6.58. The van der Waals surface area contributed by atoms with Crippen molar-refractivity contribution in [1.82, 2.24) is 15.3 Å². The summed E-state index contributed by atoms with van der Waals surface area (Å²) in [6.45, 7) is 6.45. The molecule has 0 bridgehead atoms. The normalized spacial score (nSPS) is 19.3. The van der Waals surface area contributed by atoms with E-state index in [4.69, 9.17) is 0 Å². The zero-order chi connectivity index (χ0) is 13.1. The number of likely N-dealkylation sites (N-methyl/N-ethyl adjacent to an activating group) is 1. The molecule has 0 aromatic carbocycles. The Morgan fingerprint density at radius 1 is 1.28 bits per heavy atom. The van der Waals surface area contributed by atoms with E-state index in [1.54, 1.807) is 6.33 Å². The van der Waals surface area contributed by atoms with Crippen LogP contribution in [0.4, 0.5) is 11.6 Å². The van der Waals surface area contributed by atoms with E-state index < -0.39 is 0 Å². The molecule has 2 rings (SSSR count). The van der Waals surface area contributed by atoms with Gasteiger partial charge in [-0.2, -0.15) is 0 Å². The van der Waals surface area contributed by atoms with Crippen LogP contribution in [0.5, 0.6) is 0 Å². The molecule has 1 atom stereocenters. The standard InChI is InChI=1S/C13H23N5/c1-10(2)17(3)12-7-13(16-9-15-12)18(4)11-5-6-14-8-11/h7,9-11,14H,5-6,8H2,1-4H3. The first-order valence-corrected chi connectivity index (χ1v) is 6.58. The van der Waals surface area contributed by atoms with E-state index in [1.165, 1.54) is 6.42 Å². The summed E-state index contributed by atoms with van der Waals surface area (Å²) in [7, 11) is 4.17. The summed E-state index contributed by atoms with van der Waals surface area (Å²) in [6.07, 6.45) is 2.83. The van der Waals surface area contributed by atoms with E-state index in [-0.39, 0.29) is 0 Å². The molecule has 5 nitrogen and oxygen atoms in total. The van der Waals surface area contributed by atoms with Gasteiger partial charge >= 0.3 is 0 Å².